The van der Waals surface area contributed by atoms with Crippen molar-refractivity contribution in [1.29, 1.82) is 0 Å². The van der Waals surface area contributed by atoms with Gasteiger partial charge in [0, 0.05) is 22.7 Å². The first-order valence-corrected chi connectivity index (χ1v) is 9.30. The second kappa shape index (κ2) is 9.61. The normalized spacial score (nSPS) is 11.2. The van der Waals surface area contributed by atoms with Crippen molar-refractivity contribution in [2.24, 2.45) is 0 Å². The molecule has 0 spiro atoms. The molecule has 0 saturated carbocycles. The molecule has 1 aromatic heterocycles. The van der Waals surface area contributed by atoms with Gasteiger partial charge in [-0.05, 0) is 36.4 Å². The number of carbonyl (C=O) groups excluding carboxylic acids is 2. The summed E-state index contributed by atoms with van der Waals surface area (Å²) in [7, 11) is 0. The number of ether oxygens (including phenoxy) is 1. The summed E-state index contributed by atoms with van der Waals surface area (Å²) in [6.07, 6.45) is -4.60. The number of esters is 1. The van der Waals surface area contributed by atoms with Gasteiger partial charge >= 0.3 is 12.1 Å². The Labute approximate surface area is 179 Å². The van der Waals surface area contributed by atoms with Gasteiger partial charge in [0.1, 0.15) is 0 Å². The predicted molar refractivity (Wildman–Crippen MR) is 103 cm³/mol. The van der Waals surface area contributed by atoms with Crippen LogP contribution < -0.4 is 5.32 Å². The molecule has 0 fully saturated rings. The minimum atomic E-state index is -4.50. The molecule has 0 unspecified atom stereocenters. The van der Waals surface area contributed by atoms with Crippen LogP contribution in [-0.2, 0) is 22.3 Å². The molecule has 7 nitrogen and oxygen atoms in total. The van der Waals surface area contributed by atoms with E-state index in [-0.39, 0.29) is 42.8 Å². The molecule has 0 aliphatic rings. The van der Waals surface area contributed by atoms with Gasteiger partial charge in [0.15, 0.2) is 6.61 Å². The molecule has 1 amide bonds. The Bertz CT molecular complexity index is 1070. The van der Waals surface area contributed by atoms with Crippen LogP contribution in [0.5, 0.6) is 0 Å². The number of carbonyl (C=O) groups is 2. The highest BCUT2D eigenvalue weighted by Crippen LogP contribution is 2.31. The summed E-state index contributed by atoms with van der Waals surface area (Å²) in [4.78, 5) is 27.7. The van der Waals surface area contributed by atoms with E-state index in [1.807, 2.05) is 0 Å². The van der Waals surface area contributed by atoms with Gasteiger partial charge in [-0.15, -0.1) is 0 Å². The van der Waals surface area contributed by atoms with Crippen LogP contribution in [0, 0.1) is 0 Å². The predicted octanol–water partition coefficient (Wildman–Crippen LogP) is 4.27. The maximum atomic E-state index is 12.8. The summed E-state index contributed by atoms with van der Waals surface area (Å²) < 4.78 is 48.3. The SMILES string of the molecule is O=C(CCNC(=O)c1ccc(Cl)cc1)OCc1nc(-c2cccc(C(F)(F)F)c2)no1. The van der Waals surface area contributed by atoms with Crippen LogP contribution in [0.3, 0.4) is 0 Å². The molecular formula is C20H15ClF3N3O4. The summed E-state index contributed by atoms with van der Waals surface area (Å²) in [6, 6.07) is 10.7. The summed E-state index contributed by atoms with van der Waals surface area (Å²) in [5.74, 6) is -1.14. The second-order valence-electron chi connectivity index (χ2n) is 6.26. The number of nitrogens with one attached hydrogen (secondary N) is 1. The maximum Gasteiger partial charge on any atom is 0.416 e. The van der Waals surface area contributed by atoms with E-state index in [4.69, 9.17) is 20.9 Å². The topological polar surface area (TPSA) is 94.3 Å². The molecule has 3 rings (SSSR count). The molecule has 0 bridgehead atoms. The molecule has 0 aliphatic carbocycles. The third kappa shape index (κ3) is 6.29. The van der Waals surface area contributed by atoms with Crippen molar-refractivity contribution >= 4 is 23.5 Å². The maximum absolute atomic E-state index is 12.8. The lowest BCUT2D eigenvalue weighted by Crippen LogP contribution is -2.26. The Morgan fingerprint density at radius 1 is 1.13 bits per heavy atom. The van der Waals surface area contributed by atoms with Gasteiger partial charge in [-0.3, -0.25) is 9.59 Å². The van der Waals surface area contributed by atoms with Crippen molar-refractivity contribution in [1.82, 2.24) is 15.5 Å². The second-order valence-corrected chi connectivity index (χ2v) is 6.70. The molecule has 0 saturated heterocycles. The smallest absolute Gasteiger partial charge is 0.416 e. The zero-order valence-electron chi connectivity index (χ0n) is 15.8. The molecular weight excluding hydrogens is 439 g/mol. The number of rotatable bonds is 7. The fourth-order valence-electron chi connectivity index (χ4n) is 2.46. The minimum absolute atomic E-state index is 0.0413. The van der Waals surface area contributed by atoms with Gasteiger partial charge in [0.25, 0.3) is 11.8 Å². The van der Waals surface area contributed by atoms with E-state index in [1.54, 1.807) is 24.3 Å². The number of amides is 1. The van der Waals surface area contributed by atoms with Crippen molar-refractivity contribution in [2.45, 2.75) is 19.2 Å². The van der Waals surface area contributed by atoms with Gasteiger partial charge in [-0.25, -0.2) is 0 Å². The fourth-order valence-corrected chi connectivity index (χ4v) is 2.59. The quantitative estimate of drug-likeness (QED) is 0.537. The molecule has 3 aromatic rings. The first-order chi connectivity index (χ1) is 14.7. The van der Waals surface area contributed by atoms with Gasteiger partial charge in [-0.1, -0.05) is 28.9 Å². The van der Waals surface area contributed by atoms with Gasteiger partial charge < -0.3 is 14.6 Å². The third-order valence-corrected chi connectivity index (χ3v) is 4.25. The molecule has 1 heterocycles. The van der Waals surface area contributed by atoms with E-state index in [1.165, 1.54) is 12.1 Å². The van der Waals surface area contributed by atoms with E-state index in [9.17, 15) is 22.8 Å². The van der Waals surface area contributed by atoms with Crippen molar-refractivity contribution in [3.8, 4) is 11.4 Å². The minimum Gasteiger partial charge on any atom is -0.456 e. The lowest BCUT2D eigenvalue weighted by Gasteiger charge is -2.06. The zero-order valence-corrected chi connectivity index (χ0v) is 16.5. The summed E-state index contributed by atoms with van der Waals surface area (Å²) in [6.45, 7) is -0.310. The Morgan fingerprint density at radius 2 is 1.87 bits per heavy atom. The number of alkyl halides is 3. The van der Waals surface area contributed by atoms with Crippen LogP contribution in [0.4, 0.5) is 13.2 Å². The average molecular weight is 454 g/mol. The summed E-state index contributed by atoms with van der Waals surface area (Å²) >= 11 is 5.75. The van der Waals surface area contributed by atoms with Crippen LogP contribution >= 0.6 is 11.6 Å². The molecule has 2 aromatic carbocycles. The average Bonchev–Trinajstić information content (AvgIpc) is 3.21. The van der Waals surface area contributed by atoms with E-state index < -0.39 is 17.7 Å². The number of nitrogens with zero attached hydrogens (tertiary/aromatic N) is 2. The van der Waals surface area contributed by atoms with Crippen LogP contribution in [0.15, 0.2) is 53.1 Å². The fraction of sp³-hybridized carbons (Fsp3) is 0.200. The molecule has 0 aliphatic heterocycles. The Balaban J connectivity index is 1.46. The van der Waals surface area contributed by atoms with Crippen molar-refractivity contribution in [3.05, 3.63) is 70.6 Å². The summed E-state index contributed by atoms with van der Waals surface area (Å²) in [5.41, 5.74) is -0.338. The Kier molecular flexibility index (Phi) is 6.91. The van der Waals surface area contributed by atoms with Crippen LogP contribution in [-0.4, -0.2) is 28.6 Å². The molecule has 1 N–H and O–H groups in total. The first kappa shape index (κ1) is 22.3. The van der Waals surface area contributed by atoms with E-state index >= 15 is 0 Å². The van der Waals surface area contributed by atoms with Crippen molar-refractivity contribution in [2.75, 3.05) is 6.54 Å². The largest absolute Gasteiger partial charge is 0.456 e. The van der Waals surface area contributed by atoms with E-state index in [2.05, 4.69) is 15.5 Å². The lowest BCUT2D eigenvalue weighted by atomic mass is 10.1. The molecule has 162 valence electrons. The van der Waals surface area contributed by atoms with Gasteiger partial charge in [0.05, 0.1) is 12.0 Å². The van der Waals surface area contributed by atoms with Gasteiger partial charge in [0.2, 0.25) is 5.82 Å². The molecule has 11 heteroatoms. The van der Waals surface area contributed by atoms with E-state index in [0.717, 1.165) is 12.1 Å². The summed E-state index contributed by atoms with van der Waals surface area (Å²) in [5, 5.41) is 6.66. The van der Waals surface area contributed by atoms with Crippen LogP contribution in [0.25, 0.3) is 11.4 Å². The highest BCUT2D eigenvalue weighted by molar-refractivity contribution is 6.30. The molecule has 0 atom stereocenters. The standard InChI is InChI=1S/C20H15ClF3N3O4/c21-15-6-4-12(5-7-15)19(29)25-9-8-17(28)30-11-16-26-18(27-31-16)13-2-1-3-14(10-13)20(22,23)24/h1-7,10H,8-9,11H2,(H,25,29). The number of halogens is 4. The van der Waals surface area contributed by atoms with Crippen LogP contribution in [0.2, 0.25) is 5.02 Å². The molecule has 0 radical (unpaired) electrons. The Morgan fingerprint density at radius 3 is 2.58 bits per heavy atom. The lowest BCUT2D eigenvalue weighted by molar-refractivity contribution is -0.145. The number of aromatic nitrogens is 2. The highest BCUT2D eigenvalue weighted by atomic mass is 35.5. The van der Waals surface area contributed by atoms with Gasteiger partial charge in [-0.2, -0.15) is 18.2 Å². The number of hydrogen-bond donors (Lipinski definition) is 1. The number of benzene rings is 2. The van der Waals surface area contributed by atoms with E-state index in [0.29, 0.717) is 10.6 Å². The molecule has 31 heavy (non-hydrogen) atoms. The van der Waals surface area contributed by atoms with Crippen LogP contribution in [0.1, 0.15) is 28.2 Å². The Hall–Kier alpha value is -3.40. The van der Waals surface area contributed by atoms with Crippen molar-refractivity contribution in [3.63, 3.8) is 0 Å². The van der Waals surface area contributed by atoms with Crippen molar-refractivity contribution < 1.29 is 32.0 Å². The third-order valence-electron chi connectivity index (χ3n) is 3.99. The zero-order chi connectivity index (χ0) is 22.4. The monoisotopic (exact) mass is 453 g/mol. The number of hydrogen-bond acceptors (Lipinski definition) is 6. The highest BCUT2D eigenvalue weighted by Gasteiger charge is 2.30. The first-order valence-electron chi connectivity index (χ1n) is 8.92.